The van der Waals surface area contributed by atoms with Gasteiger partial charge in [0.15, 0.2) is 0 Å². The summed E-state index contributed by atoms with van der Waals surface area (Å²) in [6, 6.07) is 6.50. The van der Waals surface area contributed by atoms with Crippen LogP contribution in [0.5, 0.6) is 5.75 Å². The van der Waals surface area contributed by atoms with Crippen LogP contribution in [0.3, 0.4) is 0 Å². The maximum atomic E-state index is 13.0. The number of hydrogen-bond acceptors (Lipinski definition) is 5. The minimum absolute atomic E-state index is 0.0693. The van der Waals surface area contributed by atoms with Gasteiger partial charge in [0.05, 0.1) is 5.56 Å². The van der Waals surface area contributed by atoms with Gasteiger partial charge in [-0.2, -0.15) is 13.2 Å². The third-order valence-corrected chi connectivity index (χ3v) is 6.63. The van der Waals surface area contributed by atoms with E-state index in [0.29, 0.717) is 16.7 Å². The topological polar surface area (TPSA) is 119 Å². The second-order valence-electron chi connectivity index (χ2n) is 9.52. The van der Waals surface area contributed by atoms with Gasteiger partial charge in [-0.15, -0.1) is 0 Å². The van der Waals surface area contributed by atoms with Gasteiger partial charge in [-0.1, -0.05) is 24.3 Å². The number of aromatic hydroxyl groups is 1. The van der Waals surface area contributed by atoms with E-state index in [1.165, 1.54) is 15.9 Å². The van der Waals surface area contributed by atoms with Gasteiger partial charge >= 0.3 is 12.2 Å². The summed E-state index contributed by atoms with van der Waals surface area (Å²) in [5, 5.41) is 14.9. The molecule has 1 atom stereocenters. The zero-order valence-corrected chi connectivity index (χ0v) is 20.8. The molecule has 4 rings (SSSR count). The highest BCUT2D eigenvalue weighted by Crippen LogP contribution is 2.37. The van der Waals surface area contributed by atoms with Crippen molar-refractivity contribution in [1.29, 1.82) is 0 Å². The molecule has 2 aliphatic rings. The highest BCUT2D eigenvalue weighted by molar-refractivity contribution is 6.05. The number of benzene rings is 2. The van der Waals surface area contributed by atoms with Crippen molar-refractivity contribution in [3.05, 3.63) is 64.2 Å². The Hall–Kier alpha value is -4.09. The van der Waals surface area contributed by atoms with Crippen molar-refractivity contribution in [2.75, 3.05) is 0 Å². The summed E-state index contributed by atoms with van der Waals surface area (Å²) in [5.74, 6) is -1.87. The van der Waals surface area contributed by atoms with Crippen LogP contribution in [-0.2, 0) is 35.4 Å². The first-order chi connectivity index (χ1) is 17.9. The van der Waals surface area contributed by atoms with E-state index in [2.05, 4.69) is 10.6 Å². The largest absolute Gasteiger partial charge is 0.507 e. The zero-order valence-electron chi connectivity index (χ0n) is 20.8. The van der Waals surface area contributed by atoms with Gasteiger partial charge < -0.3 is 20.6 Å². The number of piperidine rings is 1. The van der Waals surface area contributed by atoms with Crippen molar-refractivity contribution < 1.29 is 37.5 Å². The van der Waals surface area contributed by atoms with E-state index < -0.39 is 29.6 Å². The molecule has 3 N–H and O–H groups in total. The SMILES string of the molecule is CC(C)N1C(=O)CCC(N2Cc3cc(CNC(=O)NCc4cccc(C(F)(F)F)c4O)ccc3C2=O)C1=O. The molecule has 2 aliphatic heterocycles. The van der Waals surface area contributed by atoms with Crippen LogP contribution < -0.4 is 10.6 Å². The van der Waals surface area contributed by atoms with Gasteiger partial charge in [-0.05, 0) is 43.5 Å². The Balaban J connectivity index is 1.36. The lowest BCUT2D eigenvalue weighted by atomic mass is 10.0. The lowest BCUT2D eigenvalue weighted by molar-refractivity contribution is -0.154. The molecule has 2 aromatic carbocycles. The molecule has 0 bridgehead atoms. The van der Waals surface area contributed by atoms with Crippen molar-refractivity contribution in [3.8, 4) is 5.75 Å². The van der Waals surface area contributed by atoms with Crippen molar-refractivity contribution in [2.24, 2.45) is 0 Å². The van der Waals surface area contributed by atoms with Crippen LogP contribution in [0.15, 0.2) is 36.4 Å². The monoisotopic (exact) mass is 532 g/mol. The molecule has 1 unspecified atom stereocenters. The zero-order chi connectivity index (χ0) is 27.8. The maximum Gasteiger partial charge on any atom is 0.419 e. The smallest absolute Gasteiger partial charge is 0.419 e. The van der Waals surface area contributed by atoms with E-state index in [-0.39, 0.29) is 61.8 Å². The predicted molar refractivity (Wildman–Crippen MR) is 129 cm³/mol. The number of para-hydroxylation sites is 1. The Kier molecular flexibility index (Phi) is 7.34. The second kappa shape index (κ2) is 10.3. The van der Waals surface area contributed by atoms with Gasteiger partial charge in [0, 0.05) is 43.2 Å². The summed E-state index contributed by atoms with van der Waals surface area (Å²) in [6.45, 7) is 3.44. The van der Waals surface area contributed by atoms with Crippen LogP contribution >= 0.6 is 0 Å². The van der Waals surface area contributed by atoms with E-state index >= 15 is 0 Å². The number of phenolic OH excluding ortho intramolecular Hbond substituents is 1. The predicted octanol–water partition coefficient (Wildman–Crippen LogP) is 3.29. The molecule has 0 radical (unpaired) electrons. The summed E-state index contributed by atoms with van der Waals surface area (Å²) in [4.78, 5) is 53.0. The number of alkyl halides is 3. The van der Waals surface area contributed by atoms with Gasteiger partial charge in [-0.3, -0.25) is 19.3 Å². The van der Waals surface area contributed by atoms with Gasteiger partial charge in [-0.25, -0.2) is 4.79 Å². The number of carbonyl (C=O) groups excluding carboxylic acids is 4. The highest BCUT2D eigenvalue weighted by atomic mass is 19.4. The standard InChI is InChI=1S/C26H27F3N4O5/c1-14(2)33-21(34)9-8-20(24(33)37)32-13-17-10-15(6-7-18(17)23(32)36)11-30-25(38)31-12-16-4-3-5-19(22(16)35)26(27,28)29/h3-7,10,14,20,35H,8-9,11-13H2,1-2H3,(H2,30,31,38). The Morgan fingerprint density at radius 1 is 1.11 bits per heavy atom. The normalized spacial score (nSPS) is 17.7. The summed E-state index contributed by atoms with van der Waals surface area (Å²) >= 11 is 0. The molecule has 202 valence electrons. The van der Waals surface area contributed by atoms with Gasteiger partial charge in [0.1, 0.15) is 11.8 Å². The summed E-state index contributed by atoms with van der Waals surface area (Å²) in [7, 11) is 0. The number of carbonyl (C=O) groups is 4. The quantitative estimate of drug-likeness (QED) is 0.494. The fraction of sp³-hybridized carbons (Fsp3) is 0.385. The summed E-state index contributed by atoms with van der Waals surface area (Å²) < 4.78 is 38.9. The van der Waals surface area contributed by atoms with Gasteiger partial charge in [0.25, 0.3) is 11.8 Å². The van der Waals surface area contributed by atoms with Crippen LogP contribution in [0.2, 0.25) is 0 Å². The molecule has 1 saturated heterocycles. The molecule has 38 heavy (non-hydrogen) atoms. The number of hydrogen-bond donors (Lipinski definition) is 3. The Labute approximate surface area is 216 Å². The summed E-state index contributed by atoms with van der Waals surface area (Å²) in [6.07, 6.45) is -4.28. The first-order valence-electron chi connectivity index (χ1n) is 12.1. The average molecular weight is 533 g/mol. The minimum Gasteiger partial charge on any atom is -0.507 e. The number of rotatable bonds is 6. The summed E-state index contributed by atoms with van der Waals surface area (Å²) in [5.41, 5.74) is 0.534. The van der Waals surface area contributed by atoms with Crippen molar-refractivity contribution in [1.82, 2.24) is 20.4 Å². The molecule has 1 fully saturated rings. The minimum atomic E-state index is -4.72. The number of halogens is 3. The van der Waals surface area contributed by atoms with Crippen LogP contribution in [-0.4, -0.2) is 50.7 Å². The maximum absolute atomic E-state index is 13.0. The van der Waals surface area contributed by atoms with E-state index in [4.69, 9.17) is 0 Å². The van der Waals surface area contributed by atoms with E-state index in [9.17, 15) is 37.5 Å². The number of imide groups is 1. The molecule has 9 nitrogen and oxygen atoms in total. The fourth-order valence-corrected chi connectivity index (χ4v) is 4.76. The second-order valence-corrected chi connectivity index (χ2v) is 9.52. The van der Waals surface area contributed by atoms with Crippen LogP contribution in [0.1, 0.15) is 59.3 Å². The van der Waals surface area contributed by atoms with Crippen LogP contribution in [0, 0.1) is 0 Å². The van der Waals surface area contributed by atoms with Crippen molar-refractivity contribution in [3.63, 3.8) is 0 Å². The average Bonchev–Trinajstić information content (AvgIpc) is 3.16. The Morgan fingerprint density at radius 3 is 2.50 bits per heavy atom. The molecule has 12 heteroatoms. The first-order valence-corrected chi connectivity index (χ1v) is 12.1. The van der Waals surface area contributed by atoms with E-state index in [1.54, 1.807) is 32.0 Å². The number of likely N-dealkylation sites (tertiary alicyclic amines) is 1. The Morgan fingerprint density at radius 2 is 1.82 bits per heavy atom. The molecule has 0 aliphatic carbocycles. The van der Waals surface area contributed by atoms with Crippen LogP contribution in [0.4, 0.5) is 18.0 Å². The third-order valence-electron chi connectivity index (χ3n) is 6.63. The van der Waals surface area contributed by atoms with Crippen LogP contribution in [0.25, 0.3) is 0 Å². The lowest BCUT2D eigenvalue weighted by Gasteiger charge is -2.37. The fourth-order valence-electron chi connectivity index (χ4n) is 4.76. The molecular weight excluding hydrogens is 505 g/mol. The Bertz CT molecular complexity index is 1290. The number of nitrogens with one attached hydrogen (secondary N) is 2. The molecule has 0 saturated carbocycles. The van der Waals surface area contributed by atoms with Gasteiger partial charge in [0.2, 0.25) is 5.91 Å². The molecule has 0 aromatic heterocycles. The van der Waals surface area contributed by atoms with Crippen molar-refractivity contribution >= 4 is 23.8 Å². The molecule has 2 aromatic rings. The first kappa shape index (κ1) is 27.0. The van der Waals surface area contributed by atoms with Crippen molar-refractivity contribution in [2.45, 2.75) is 64.6 Å². The number of fused-ring (bicyclic) bond motifs is 1. The number of nitrogens with zero attached hydrogens (tertiary/aromatic N) is 2. The third kappa shape index (κ3) is 5.29. The molecule has 0 spiro atoms. The lowest BCUT2D eigenvalue weighted by Crippen LogP contribution is -2.56. The molecule has 5 amide bonds. The number of phenols is 1. The van der Waals surface area contributed by atoms with E-state index in [1.807, 2.05) is 0 Å². The molecule has 2 heterocycles. The molecular formula is C26H27F3N4O5. The number of amides is 5. The highest BCUT2D eigenvalue weighted by Gasteiger charge is 2.43. The number of urea groups is 1. The van der Waals surface area contributed by atoms with E-state index in [0.717, 1.165) is 12.1 Å².